The zero-order valence-corrected chi connectivity index (χ0v) is 13.5. The number of rotatable bonds is 2. The summed E-state index contributed by atoms with van der Waals surface area (Å²) in [6.07, 6.45) is 0.0470. The van der Waals surface area contributed by atoms with Gasteiger partial charge in [-0.3, -0.25) is 5.32 Å². The molecule has 0 unspecified atom stereocenters. The van der Waals surface area contributed by atoms with E-state index in [0.717, 1.165) is 42.3 Å². The van der Waals surface area contributed by atoms with Crippen LogP contribution < -0.4 is 5.32 Å². The Morgan fingerprint density at radius 3 is 3.00 bits per heavy atom. The van der Waals surface area contributed by atoms with E-state index < -0.39 is 6.09 Å². The first kappa shape index (κ1) is 14.8. The van der Waals surface area contributed by atoms with Crippen LogP contribution in [0.15, 0.2) is 53.5 Å². The summed E-state index contributed by atoms with van der Waals surface area (Å²) in [5.74, 6) is 0.855. The van der Waals surface area contributed by atoms with Crippen molar-refractivity contribution in [3.05, 3.63) is 59.7 Å². The predicted molar refractivity (Wildman–Crippen MR) is 93.6 cm³/mol. The van der Waals surface area contributed by atoms with Crippen molar-refractivity contribution in [1.29, 1.82) is 0 Å². The maximum atomic E-state index is 12.2. The maximum Gasteiger partial charge on any atom is 0.412 e. The molecular formula is C19H19N3O2. The Kier molecular flexibility index (Phi) is 3.69. The number of hydrogen-bond donors (Lipinski definition) is 1. The molecule has 1 atom stereocenters. The van der Waals surface area contributed by atoms with Gasteiger partial charge in [0.25, 0.3) is 0 Å². The van der Waals surface area contributed by atoms with Crippen LogP contribution in [-0.4, -0.2) is 29.5 Å². The van der Waals surface area contributed by atoms with Crippen LogP contribution >= 0.6 is 0 Å². The summed E-state index contributed by atoms with van der Waals surface area (Å²) < 4.78 is 5.62. The highest BCUT2D eigenvalue weighted by atomic mass is 16.6. The van der Waals surface area contributed by atoms with E-state index in [4.69, 9.17) is 9.73 Å². The molecule has 2 aromatic carbocycles. The molecule has 0 aromatic heterocycles. The number of benzene rings is 2. The zero-order chi connectivity index (χ0) is 16.5. The smallest absolute Gasteiger partial charge is 0.412 e. The number of carbonyl (C=O) groups is 1. The van der Waals surface area contributed by atoms with Gasteiger partial charge in [-0.2, -0.15) is 0 Å². The van der Waals surface area contributed by atoms with Crippen molar-refractivity contribution in [1.82, 2.24) is 4.90 Å². The van der Waals surface area contributed by atoms with E-state index >= 15 is 0 Å². The Hall–Kier alpha value is -2.82. The Bertz CT molecular complexity index is 816. The Morgan fingerprint density at radius 1 is 1.25 bits per heavy atom. The van der Waals surface area contributed by atoms with Crippen LogP contribution in [0.3, 0.4) is 0 Å². The Labute approximate surface area is 141 Å². The summed E-state index contributed by atoms with van der Waals surface area (Å²) in [5, 5.41) is 2.79. The lowest BCUT2D eigenvalue weighted by atomic mass is 10.1. The number of anilines is 1. The van der Waals surface area contributed by atoms with Gasteiger partial charge in [0, 0.05) is 25.2 Å². The van der Waals surface area contributed by atoms with Crippen LogP contribution in [0.2, 0.25) is 0 Å². The number of carbonyl (C=O) groups excluding carboxylic acids is 1. The summed E-state index contributed by atoms with van der Waals surface area (Å²) in [5.41, 5.74) is 4.02. The molecule has 0 radical (unpaired) electrons. The molecule has 2 aromatic rings. The van der Waals surface area contributed by atoms with Crippen LogP contribution in [0.25, 0.3) is 0 Å². The fraction of sp³-hybridized carbons (Fsp3) is 0.263. The van der Waals surface area contributed by atoms with Gasteiger partial charge in [-0.05, 0) is 36.2 Å². The summed E-state index contributed by atoms with van der Waals surface area (Å²) in [4.78, 5) is 19.1. The molecule has 1 fully saturated rings. The SMILES string of the molecule is Cc1cccc(NC(=O)O[C@@H]2CCN3Cc4ccccc4N=C23)c1. The van der Waals surface area contributed by atoms with Crippen molar-refractivity contribution in [2.75, 3.05) is 11.9 Å². The number of hydrogen-bond acceptors (Lipinski definition) is 4. The van der Waals surface area contributed by atoms with E-state index in [0.29, 0.717) is 0 Å². The standard InChI is InChI=1S/C19H19N3O2/c1-13-5-4-7-15(11-13)20-19(23)24-17-9-10-22-12-14-6-2-3-8-16(14)21-18(17)22/h2-8,11,17H,9-10,12H2,1H3,(H,20,23)/t17-/m1/s1. The molecule has 0 bridgehead atoms. The molecule has 0 aliphatic carbocycles. The third kappa shape index (κ3) is 2.85. The highest BCUT2D eigenvalue weighted by molar-refractivity contribution is 5.95. The second kappa shape index (κ2) is 6.00. The van der Waals surface area contributed by atoms with Crippen LogP contribution in [0.5, 0.6) is 0 Å². The number of aryl methyl sites for hydroxylation is 1. The minimum Gasteiger partial charge on any atom is -0.438 e. The van der Waals surface area contributed by atoms with Crippen LogP contribution in [0, 0.1) is 6.92 Å². The number of fused-ring (bicyclic) bond motifs is 2. The normalized spacial score (nSPS) is 18.5. The number of aliphatic imine (C=N–C) groups is 1. The average Bonchev–Trinajstić information content (AvgIpc) is 2.94. The van der Waals surface area contributed by atoms with Crippen molar-refractivity contribution in [2.24, 2.45) is 4.99 Å². The van der Waals surface area contributed by atoms with E-state index in [1.165, 1.54) is 5.56 Å². The Balaban J connectivity index is 1.47. The average molecular weight is 321 g/mol. The second-order valence-corrected chi connectivity index (χ2v) is 6.20. The largest absolute Gasteiger partial charge is 0.438 e. The number of amidine groups is 1. The lowest BCUT2D eigenvalue weighted by Gasteiger charge is -2.26. The molecule has 0 saturated carbocycles. The zero-order valence-electron chi connectivity index (χ0n) is 13.5. The molecule has 2 aliphatic rings. The highest BCUT2D eigenvalue weighted by Gasteiger charge is 2.35. The molecule has 1 N–H and O–H groups in total. The van der Waals surface area contributed by atoms with Crippen LogP contribution in [0.1, 0.15) is 17.5 Å². The number of amides is 1. The Morgan fingerprint density at radius 2 is 2.12 bits per heavy atom. The number of para-hydroxylation sites is 1. The third-order valence-electron chi connectivity index (χ3n) is 4.37. The van der Waals surface area contributed by atoms with Crippen LogP contribution in [-0.2, 0) is 11.3 Å². The molecule has 2 aliphatic heterocycles. The van der Waals surface area contributed by atoms with Gasteiger partial charge in [-0.1, -0.05) is 30.3 Å². The molecule has 24 heavy (non-hydrogen) atoms. The molecule has 1 amide bonds. The van der Waals surface area contributed by atoms with Gasteiger partial charge in [0.15, 0.2) is 6.10 Å². The number of nitrogens with one attached hydrogen (secondary N) is 1. The van der Waals surface area contributed by atoms with E-state index in [1.807, 2.05) is 49.4 Å². The van der Waals surface area contributed by atoms with Crippen molar-refractivity contribution >= 4 is 23.3 Å². The van der Waals surface area contributed by atoms with Crippen molar-refractivity contribution in [3.8, 4) is 0 Å². The highest BCUT2D eigenvalue weighted by Crippen LogP contribution is 2.31. The molecule has 4 rings (SSSR count). The first-order valence-electron chi connectivity index (χ1n) is 8.15. The van der Waals surface area contributed by atoms with Gasteiger partial charge in [-0.15, -0.1) is 0 Å². The molecular weight excluding hydrogens is 302 g/mol. The van der Waals surface area contributed by atoms with Gasteiger partial charge in [0.1, 0.15) is 5.84 Å². The van der Waals surface area contributed by atoms with Gasteiger partial charge >= 0.3 is 6.09 Å². The quantitative estimate of drug-likeness (QED) is 0.914. The second-order valence-electron chi connectivity index (χ2n) is 6.20. The fourth-order valence-electron chi connectivity index (χ4n) is 3.22. The van der Waals surface area contributed by atoms with E-state index in [2.05, 4.69) is 16.3 Å². The molecule has 2 heterocycles. The lowest BCUT2D eigenvalue weighted by molar-refractivity contribution is 0.143. The van der Waals surface area contributed by atoms with Crippen molar-refractivity contribution < 1.29 is 9.53 Å². The molecule has 1 saturated heterocycles. The first-order valence-corrected chi connectivity index (χ1v) is 8.15. The summed E-state index contributed by atoms with van der Waals surface area (Å²) in [6, 6.07) is 15.8. The third-order valence-corrected chi connectivity index (χ3v) is 4.37. The molecule has 0 spiro atoms. The van der Waals surface area contributed by atoms with E-state index in [1.54, 1.807) is 0 Å². The number of ether oxygens (including phenoxy) is 1. The lowest BCUT2D eigenvalue weighted by Crippen LogP contribution is -2.34. The topological polar surface area (TPSA) is 53.9 Å². The van der Waals surface area contributed by atoms with Gasteiger partial charge < -0.3 is 9.64 Å². The summed E-state index contributed by atoms with van der Waals surface area (Å²) in [6.45, 7) is 3.67. The van der Waals surface area contributed by atoms with E-state index in [9.17, 15) is 4.79 Å². The van der Waals surface area contributed by atoms with E-state index in [-0.39, 0.29) is 6.10 Å². The molecule has 5 heteroatoms. The minimum atomic E-state index is -0.436. The maximum absolute atomic E-state index is 12.2. The van der Waals surface area contributed by atoms with Crippen molar-refractivity contribution in [2.45, 2.75) is 26.0 Å². The van der Waals surface area contributed by atoms with Gasteiger partial charge in [0.05, 0.1) is 5.69 Å². The first-order chi connectivity index (χ1) is 11.7. The van der Waals surface area contributed by atoms with Crippen LogP contribution in [0.4, 0.5) is 16.2 Å². The fourth-order valence-corrected chi connectivity index (χ4v) is 3.22. The minimum absolute atomic E-state index is 0.289. The monoisotopic (exact) mass is 321 g/mol. The molecule has 122 valence electrons. The van der Waals surface area contributed by atoms with Gasteiger partial charge in [-0.25, -0.2) is 9.79 Å². The van der Waals surface area contributed by atoms with Gasteiger partial charge in [0.2, 0.25) is 0 Å². The summed E-state index contributed by atoms with van der Waals surface area (Å²) >= 11 is 0. The summed E-state index contributed by atoms with van der Waals surface area (Å²) in [7, 11) is 0. The van der Waals surface area contributed by atoms with Crippen molar-refractivity contribution in [3.63, 3.8) is 0 Å². The molecule has 5 nitrogen and oxygen atoms in total. The predicted octanol–water partition coefficient (Wildman–Crippen LogP) is 3.86. The number of nitrogens with zero attached hydrogens (tertiary/aromatic N) is 2.